The van der Waals surface area contributed by atoms with E-state index < -0.39 is 31.3 Å². The fourth-order valence-corrected chi connectivity index (χ4v) is 1.09. The van der Waals surface area contributed by atoms with E-state index in [2.05, 4.69) is 15.0 Å². The van der Waals surface area contributed by atoms with Gasteiger partial charge in [0.1, 0.15) is 13.2 Å². The first-order valence-electron chi connectivity index (χ1n) is 4.92. The number of hydrogen-bond donors (Lipinski definition) is 0. The minimum atomic E-state index is -4.24. The summed E-state index contributed by atoms with van der Waals surface area (Å²) in [4.78, 5) is 11.2. The van der Waals surface area contributed by atoms with Crippen LogP contribution in [0.4, 0.5) is 17.6 Å². The maximum atomic E-state index is 12.4. The first-order chi connectivity index (χ1) is 8.31. The molecule has 1 heterocycles. The second-order valence-corrected chi connectivity index (χ2v) is 3.65. The Morgan fingerprint density at radius 3 is 2.72 bits per heavy atom. The fraction of sp³-hybridized carbons (Fsp3) is 0.667. The van der Waals surface area contributed by atoms with Crippen molar-refractivity contribution in [3.63, 3.8) is 0 Å². The molecule has 0 atom stereocenters. The Hall–Kier alpha value is -1.51. The van der Waals surface area contributed by atoms with Crippen molar-refractivity contribution < 1.29 is 27.1 Å². The van der Waals surface area contributed by atoms with Crippen molar-refractivity contribution in [2.75, 3.05) is 13.2 Å². The molecule has 1 aromatic rings. The van der Waals surface area contributed by atoms with Crippen molar-refractivity contribution in [3.05, 3.63) is 11.9 Å². The second kappa shape index (κ2) is 5.89. The van der Waals surface area contributed by atoms with E-state index >= 15 is 0 Å². The van der Waals surface area contributed by atoms with Crippen molar-refractivity contribution in [1.82, 2.24) is 15.0 Å². The highest BCUT2D eigenvalue weighted by atomic mass is 19.3. The molecule has 0 aliphatic rings. The van der Waals surface area contributed by atoms with E-state index in [1.165, 1.54) is 10.9 Å². The molecule has 0 fully saturated rings. The second-order valence-electron chi connectivity index (χ2n) is 3.65. The Balaban J connectivity index is 2.30. The lowest BCUT2D eigenvalue weighted by molar-refractivity contribution is -0.168. The van der Waals surface area contributed by atoms with Gasteiger partial charge in [-0.2, -0.15) is 8.78 Å². The van der Waals surface area contributed by atoms with Gasteiger partial charge in [-0.3, -0.25) is 9.48 Å². The maximum absolute atomic E-state index is 12.4. The van der Waals surface area contributed by atoms with Crippen LogP contribution in [0.1, 0.15) is 5.69 Å². The number of aromatic nitrogens is 3. The molecule has 0 bridgehead atoms. The van der Waals surface area contributed by atoms with Gasteiger partial charge < -0.3 is 4.74 Å². The van der Waals surface area contributed by atoms with E-state index in [1.807, 2.05) is 0 Å². The van der Waals surface area contributed by atoms with Gasteiger partial charge in [-0.15, -0.1) is 5.10 Å². The highest BCUT2D eigenvalue weighted by Gasteiger charge is 2.41. The van der Waals surface area contributed by atoms with Crippen molar-refractivity contribution in [2.45, 2.75) is 18.8 Å². The summed E-state index contributed by atoms with van der Waals surface area (Å²) in [6.45, 7) is -2.16. The van der Waals surface area contributed by atoms with Gasteiger partial charge in [-0.1, -0.05) is 5.21 Å². The molecule has 0 amide bonds. The number of ether oxygens (including phenoxy) is 1. The Morgan fingerprint density at radius 2 is 2.22 bits per heavy atom. The maximum Gasteiger partial charge on any atom is 0.330 e. The summed E-state index contributed by atoms with van der Waals surface area (Å²) in [5.74, 6) is -4.78. The molecular formula is C9H11F4N3O2. The van der Waals surface area contributed by atoms with Crippen LogP contribution in [-0.2, 0) is 23.0 Å². The van der Waals surface area contributed by atoms with Crippen molar-refractivity contribution in [3.8, 4) is 0 Å². The van der Waals surface area contributed by atoms with Crippen LogP contribution in [0.3, 0.4) is 0 Å². The van der Waals surface area contributed by atoms with Gasteiger partial charge in [0.05, 0.1) is 12.1 Å². The first-order valence-corrected chi connectivity index (χ1v) is 4.92. The molecule has 0 N–H and O–H groups in total. The average molecular weight is 269 g/mol. The standard InChI is InChI=1S/C9H11F4N3O2/c1-16-3-6(14-15-16)2-7(17)4-18-5-9(12,13)8(10)11/h3,8H,2,4-5H2,1H3. The lowest BCUT2D eigenvalue weighted by Crippen LogP contribution is -2.33. The Kier molecular flexibility index (Phi) is 4.76. The van der Waals surface area contributed by atoms with E-state index in [4.69, 9.17) is 0 Å². The van der Waals surface area contributed by atoms with Crippen LogP contribution in [0.5, 0.6) is 0 Å². The predicted molar refractivity (Wildman–Crippen MR) is 51.5 cm³/mol. The molecule has 0 radical (unpaired) electrons. The van der Waals surface area contributed by atoms with Crippen LogP contribution in [0.15, 0.2) is 6.20 Å². The third kappa shape index (κ3) is 4.40. The van der Waals surface area contributed by atoms with Crippen LogP contribution < -0.4 is 0 Å². The van der Waals surface area contributed by atoms with Crippen LogP contribution in [0.2, 0.25) is 0 Å². The summed E-state index contributed by atoms with van der Waals surface area (Å²) in [7, 11) is 1.60. The quantitative estimate of drug-likeness (QED) is 0.688. The van der Waals surface area contributed by atoms with Crippen molar-refractivity contribution >= 4 is 5.78 Å². The Morgan fingerprint density at radius 1 is 1.56 bits per heavy atom. The summed E-state index contributed by atoms with van der Waals surface area (Å²) in [6, 6.07) is 0. The lowest BCUT2D eigenvalue weighted by atomic mass is 10.2. The van der Waals surface area contributed by atoms with E-state index in [9.17, 15) is 22.4 Å². The van der Waals surface area contributed by atoms with E-state index in [0.717, 1.165) is 0 Å². The molecule has 0 unspecified atom stereocenters. The van der Waals surface area contributed by atoms with Crippen LogP contribution >= 0.6 is 0 Å². The zero-order valence-electron chi connectivity index (χ0n) is 9.45. The molecule has 0 saturated carbocycles. The minimum absolute atomic E-state index is 0.145. The minimum Gasteiger partial charge on any atom is -0.367 e. The van der Waals surface area contributed by atoms with Gasteiger partial charge in [-0.05, 0) is 0 Å². The SMILES string of the molecule is Cn1cc(CC(=O)COCC(F)(F)C(F)F)nn1. The van der Waals surface area contributed by atoms with Crippen LogP contribution in [-0.4, -0.2) is 46.3 Å². The monoisotopic (exact) mass is 269 g/mol. The molecule has 18 heavy (non-hydrogen) atoms. The van der Waals surface area contributed by atoms with Crippen LogP contribution in [0.25, 0.3) is 0 Å². The zero-order chi connectivity index (χ0) is 13.8. The number of alkyl halides is 4. The molecule has 102 valence electrons. The third-order valence-electron chi connectivity index (χ3n) is 1.91. The van der Waals surface area contributed by atoms with Gasteiger partial charge in [0.15, 0.2) is 5.78 Å². The molecule has 0 aliphatic heterocycles. The van der Waals surface area contributed by atoms with E-state index in [1.54, 1.807) is 7.05 Å². The Labute approximate surface area is 99.7 Å². The van der Waals surface area contributed by atoms with E-state index in [0.29, 0.717) is 5.69 Å². The van der Waals surface area contributed by atoms with Gasteiger partial charge >= 0.3 is 12.3 Å². The van der Waals surface area contributed by atoms with Gasteiger partial charge in [0.25, 0.3) is 0 Å². The van der Waals surface area contributed by atoms with Gasteiger partial charge in [0, 0.05) is 13.2 Å². The molecular weight excluding hydrogens is 258 g/mol. The highest BCUT2D eigenvalue weighted by Crippen LogP contribution is 2.22. The smallest absolute Gasteiger partial charge is 0.330 e. The molecule has 0 spiro atoms. The number of Topliss-reactive ketones (excluding diaryl/α,β-unsaturated/α-hetero) is 1. The summed E-state index contributed by atoms with van der Waals surface area (Å²) in [6.07, 6.45) is -2.48. The summed E-state index contributed by atoms with van der Waals surface area (Å²) >= 11 is 0. The number of carbonyl (C=O) groups excluding carboxylic acids is 1. The topological polar surface area (TPSA) is 57.0 Å². The number of carbonyl (C=O) groups is 1. The van der Waals surface area contributed by atoms with Crippen molar-refractivity contribution in [2.24, 2.45) is 7.05 Å². The summed E-state index contributed by atoms with van der Waals surface area (Å²) in [5.41, 5.74) is 0.353. The number of ketones is 1. The number of aryl methyl sites for hydroxylation is 1. The fourth-order valence-electron chi connectivity index (χ4n) is 1.09. The third-order valence-corrected chi connectivity index (χ3v) is 1.91. The first kappa shape index (κ1) is 14.6. The number of nitrogens with zero attached hydrogens (tertiary/aromatic N) is 3. The molecule has 5 nitrogen and oxygen atoms in total. The molecule has 1 aromatic heterocycles. The number of halogens is 4. The van der Waals surface area contributed by atoms with Gasteiger partial charge in [-0.25, -0.2) is 8.78 Å². The molecule has 0 aromatic carbocycles. The number of hydrogen-bond acceptors (Lipinski definition) is 4. The van der Waals surface area contributed by atoms with Crippen LogP contribution in [0, 0.1) is 0 Å². The normalized spacial score (nSPS) is 12.1. The predicted octanol–water partition coefficient (Wildman–Crippen LogP) is 0.844. The highest BCUT2D eigenvalue weighted by molar-refractivity contribution is 5.81. The zero-order valence-corrected chi connectivity index (χ0v) is 9.45. The Bertz CT molecular complexity index is 408. The molecule has 0 aliphatic carbocycles. The van der Waals surface area contributed by atoms with Gasteiger partial charge in [0.2, 0.25) is 0 Å². The molecule has 0 saturated heterocycles. The summed E-state index contributed by atoms with van der Waals surface area (Å²) < 4.78 is 54.0. The largest absolute Gasteiger partial charge is 0.367 e. The van der Waals surface area contributed by atoms with E-state index in [-0.39, 0.29) is 6.42 Å². The summed E-state index contributed by atoms with van der Waals surface area (Å²) in [5, 5.41) is 7.18. The lowest BCUT2D eigenvalue weighted by Gasteiger charge is -2.14. The number of rotatable bonds is 7. The average Bonchev–Trinajstić information content (AvgIpc) is 2.63. The molecule has 9 heteroatoms. The molecule has 1 rings (SSSR count). The van der Waals surface area contributed by atoms with Crippen molar-refractivity contribution in [1.29, 1.82) is 0 Å².